The third kappa shape index (κ3) is 2.65. The largest absolute Gasteiger partial charge is 0.454 e. The quantitative estimate of drug-likeness (QED) is 0.491. The Bertz CT molecular complexity index is 506. The van der Waals surface area contributed by atoms with Gasteiger partial charge in [-0.25, -0.2) is 0 Å². The van der Waals surface area contributed by atoms with E-state index in [2.05, 4.69) is 13.0 Å². The molecule has 5 fully saturated rings. The normalized spacial score (nSPS) is 40.9. The summed E-state index contributed by atoms with van der Waals surface area (Å²) in [4.78, 5) is 13.0. The third-order valence-electron chi connectivity index (χ3n) is 7.80. The molecule has 2 heteroatoms. The molecule has 0 atom stereocenters. The number of carbonyl (C=O) groups is 1. The molecular weight excluding hydrogens is 296 g/mol. The summed E-state index contributed by atoms with van der Waals surface area (Å²) in [5, 5.41) is 0. The van der Waals surface area contributed by atoms with Crippen molar-refractivity contribution in [2.24, 2.45) is 29.1 Å². The van der Waals surface area contributed by atoms with Gasteiger partial charge < -0.3 is 4.74 Å². The van der Waals surface area contributed by atoms with E-state index in [0.717, 1.165) is 18.3 Å². The molecular formula is C22H34O2. The highest BCUT2D eigenvalue weighted by Gasteiger charge is 2.59. The third-order valence-corrected chi connectivity index (χ3v) is 7.80. The molecule has 0 amide bonds. The molecule has 5 rings (SSSR count). The summed E-state index contributed by atoms with van der Waals surface area (Å²) in [6.07, 6.45) is 15.0. The molecule has 5 aliphatic carbocycles. The second-order valence-electron chi connectivity index (χ2n) is 9.79. The summed E-state index contributed by atoms with van der Waals surface area (Å²) in [6.45, 7) is 6.18. The van der Waals surface area contributed by atoms with Crippen LogP contribution in [-0.4, -0.2) is 11.6 Å². The first-order valence-electron chi connectivity index (χ1n) is 10.4. The molecule has 0 aliphatic heterocycles. The molecule has 0 aromatic rings. The number of ether oxygens (including phenoxy) is 1. The Morgan fingerprint density at radius 1 is 1.08 bits per heavy atom. The first-order valence-corrected chi connectivity index (χ1v) is 10.4. The van der Waals surface area contributed by atoms with Gasteiger partial charge in [-0.3, -0.25) is 4.79 Å². The highest BCUT2D eigenvalue weighted by atomic mass is 16.6. The van der Waals surface area contributed by atoms with Crippen LogP contribution in [0.4, 0.5) is 0 Å². The summed E-state index contributed by atoms with van der Waals surface area (Å²) < 4.78 is 6.52. The van der Waals surface area contributed by atoms with Gasteiger partial charge in [-0.15, -0.1) is 0 Å². The molecule has 0 radical (unpaired) electrons. The molecule has 0 N–H and O–H groups in total. The predicted molar refractivity (Wildman–Crippen MR) is 96.5 cm³/mol. The molecule has 5 aliphatic rings. The maximum atomic E-state index is 13.0. The van der Waals surface area contributed by atoms with E-state index in [4.69, 9.17) is 4.74 Å². The average molecular weight is 331 g/mol. The van der Waals surface area contributed by atoms with Crippen molar-refractivity contribution in [2.75, 3.05) is 0 Å². The summed E-state index contributed by atoms with van der Waals surface area (Å²) in [7, 11) is 0. The Kier molecular flexibility index (Phi) is 4.09. The molecule has 4 bridgehead atoms. The van der Waals surface area contributed by atoms with Gasteiger partial charge in [0.25, 0.3) is 0 Å². The fraction of sp³-hybridized carbons (Fsp3) is 0.864. The fourth-order valence-corrected chi connectivity index (χ4v) is 6.09. The minimum Gasteiger partial charge on any atom is -0.454 e. The number of allylic oxidation sites excluding steroid dienone is 1. The van der Waals surface area contributed by atoms with Crippen molar-refractivity contribution in [2.45, 2.75) is 90.6 Å². The second kappa shape index (κ2) is 5.88. The average Bonchev–Trinajstić information content (AvgIpc) is 3.04. The van der Waals surface area contributed by atoms with Crippen molar-refractivity contribution in [3.8, 4) is 0 Å². The maximum Gasteiger partial charge on any atom is 0.312 e. The van der Waals surface area contributed by atoms with Gasteiger partial charge in [0.2, 0.25) is 0 Å². The molecule has 0 unspecified atom stereocenters. The van der Waals surface area contributed by atoms with Crippen LogP contribution in [0.3, 0.4) is 0 Å². The van der Waals surface area contributed by atoms with E-state index in [1.165, 1.54) is 57.8 Å². The Morgan fingerprint density at radius 2 is 1.62 bits per heavy atom. The maximum absolute atomic E-state index is 13.0. The number of carbonyl (C=O) groups excluding carboxylic acids is 1. The van der Waals surface area contributed by atoms with Crippen molar-refractivity contribution in [3.63, 3.8) is 0 Å². The molecule has 0 aromatic heterocycles. The van der Waals surface area contributed by atoms with Gasteiger partial charge in [0.05, 0.1) is 5.41 Å². The number of hydrogen-bond acceptors (Lipinski definition) is 2. The van der Waals surface area contributed by atoms with Crippen molar-refractivity contribution in [1.82, 2.24) is 0 Å². The summed E-state index contributed by atoms with van der Waals surface area (Å²) in [5.74, 6) is 3.00. The standard InChI is InChI=1S/C22H34O2/c1-4-21(2,3)20(23)24-22(14-15-7-5-6-8-15)18-10-16-9-17(12-18)13-19(22)11-16/h14,16-19H,4-13H2,1-3H3. The highest BCUT2D eigenvalue weighted by Crippen LogP contribution is 2.61. The van der Waals surface area contributed by atoms with Crippen LogP contribution >= 0.6 is 0 Å². The van der Waals surface area contributed by atoms with Crippen molar-refractivity contribution in [1.29, 1.82) is 0 Å². The lowest BCUT2D eigenvalue weighted by Crippen LogP contribution is -2.59. The molecule has 0 saturated heterocycles. The minimum atomic E-state index is -0.365. The van der Waals surface area contributed by atoms with E-state index < -0.39 is 0 Å². The Morgan fingerprint density at radius 3 is 2.12 bits per heavy atom. The molecule has 0 aromatic carbocycles. The topological polar surface area (TPSA) is 26.3 Å². The lowest BCUT2D eigenvalue weighted by molar-refractivity contribution is -0.201. The molecule has 24 heavy (non-hydrogen) atoms. The number of hydrogen-bond donors (Lipinski definition) is 0. The predicted octanol–water partition coefficient (Wildman–Crippen LogP) is 5.66. The molecule has 0 spiro atoms. The van der Waals surface area contributed by atoms with E-state index in [-0.39, 0.29) is 17.0 Å². The van der Waals surface area contributed by atoms with Crippen molar-refractivity contribution >= 4 is 5.97 Å². The van der Waals surface area contributed by atoms with Gasteiger partial charge in [-0.05, 0) is 96.0 Å². The van der Waals surface area contributed by atoms with Crippen LogP contribution in [0.15, 0.2) is 11.6 Å². The Balaban J connectivity index is 1.68. The van der Waals surface area contributed by atoms with E-state index in [1.54, 1.807) is 5.57 Å². The van der Waals surface area contributed by atoms with Gasteiger partial charge in [-0.1, -0.05) is 12.5 Å². The fourth-order valence-electron chi connectivity index (χ4n) is 6.09. The monoisotopic (exact) mass is 330 g/mol. The second-order valence-corrected chi connectivity index (χ2v) is 9.79. The zero-order chi connectivity index (χ0) is 16.9. The van der Waals surface area contributed by atoms with Crippen LogP contribution in [0.1, 0.15) is 85.0 Å². The first-order chi connectivity index (χ1) is 11.4. The number of rotatable bonds is 4. The van der Waals surface area contributed by atoms with E-state index >= 15 is 0 Å². The Labute approximate surface area is 147 Å². The van der Waals surface area contributed by atoms with Crippen LogP contribution in [0.25, 0.3) is 0 Å². The number of esters is 1. The summed E-state index contributed by atoms with van der Waals surface area (Å²) in [5.41, 5.74) is 0.941. The smallest absolute Gasteiger partial charge is 0.312 e. The van der Waals surface area contributed by atoms with Gasteiger partial charge in [0, 0.05) is 11.8 Å². The minimum absolute atomic E-state index is 0.0346. The van der Waals surface area contributed by atoms with Gasteiger partial charge in [0.1, 0.15) is 5.60 Å². The van der Waals surface area contributed by atoms with E-state index in [0.29, 0.717) is 11.8 Å². The summed E-state index contributed by atoms with van der Waals surface area (Å²) in [6, 6.07) is 0. The zero-order valence-electron chi connectivity index (χ0n) is 15.8. The molecule has 0 heterocycles. The van der Waals surface area contributed by atoms with E-state index in [1.807, 2.05) is 13.8 Å². The Hall–Kier alpha value is -0.790. The van der Waals surface area contributed by atoms with Crippen LogP contribution in [-0.2, 0) is 9.53 Å². The first kappa shape index (κ1) is 16.7. The van der Waals surface area contributed by atoms with E-state index in [9.17, 15) is 4.79 Å². The molecule has 2 nitrogen and oxygen atoms in total. The molecule has 134 valence electrons. The van der Waals surface area contributed by atoms with Gasteiger partial charge in [0.15, 0.2) is 0 Å². The van der Waals surface area contributed by atoms with Gasteiger partial charge >= 0.3 is 5.97 Å². The van der Waals surface area contributed by atoms with Crippen LogP contribution in [0, 0.1) is 29.1 Å². The summed E-state index contributed by atoms with van der Waals surface area (Å²) >= 11 is 0. The lowest BCUT2D eigenvalue weighted by atomic mass is 9.49. The SMILES string of the molecule is CCC(C)(C)C(=O)OC1(C=C2CCCC2)C2CC3CC(C2)CC1C3. The molecule has 5 saturated carbocycles. The zero-order valence-corrected chi connectivity index (χ0v) is 15.8. The van der Waals surface area contributed by atoms with Gasteiger partial charge in [-0.2, -0.15) is 0 Å². The van der Waals surface area contributed by atoms with Crippen molar-refractivity contribution in [3.05, 3.63) is 11.6 Å². The lowest BCUT2D eigenvalue weighted by Gasteiger charge is -2.59. The van der Waals surface area contributed by atoms with Crippen LogP contribution in [0.2, 0.25) is 0 Å². The van der Waals surface area contributed by atoms with Crippen molar-refractivity contribution < 1.29 is 9.53 Å². The van der Waals surface area contributed by atoms with Crippen LogP contribution < -0.4 is 0 Å². The van der Waals surface area contributed by atoms with Crippen LogP contribution in [0.5, 0.6) is 0 Å². The highest BCUT2D eigenvalue weighted by molar-refractivity contribution is 5.76.